The number of carboxylic acid groups (broad SMARTS) is 1. The molecule has 15 heavy (non-hydrogen) atoms. The molecule has 2 aromatic rings. The van der Waals surface area contributed by atoms with E-state index in [0.29, 0.717) is 5.39 Å². The van der Waals surface area contributed by atoms with Crippen LogP contribution in [0.4, 0.5) is 10.1 Å². The van der Waals surface area contributed by atoms with Gasteiger partial charge in [0.15, 0.2) is 11.5 Å². The molecule has 0 aromatic carbocycles. The number of rotatable bonds is 1. The van der Waals surface area contributed by atoms with Crippen LogP contribution in [0, 0.1) is 5.82 Å². The number of carbonyl (C=O) groups is 1. The molecule has 0 spiro atoms. The molecule has 2 rings (SSSR count). The number of halogens is 1. The Morgan fingerprint density at radius 1 is 1.60 bits per heavy atom. The molecular formula is C9H8FN3O2. The third-order valence-electron chi connectivity index (χ3n) is 2.29. The zero-order chi connectivity index (χ0) is 11.2. The second kappa shape index (κ2) is 2.94. The highest BCUT2D eigenvalue weighted by Gasteiger charge is 2.20. The van der Waals surface area contributed by atoms with E-state index >= 15 is 0 Å². The van der Waals surface area contributed by atoms with Gasteiger partial charge < -0.3 is 15.4 Å². The summed E-state index contributed by atoms with van der Waals surface area (Å²) in [6.07, 6.45) is 2.37. The van der Waals surface area contributed by atoms with Gasteiger partial charge >= 0.3 is 5.97 Å². The largest absolute Gasteiger partial charge is 0.477 e. The predicted molar refractivity (Wildman–Crippen MR) is 52.0 cm³/mol. The summed E-state index contributed by atoms with van der Waals surface area (Å²) in [6, 6.07) is 0. The number of anilines is 1. The first-order valence-corrected chi connectivity index (χ1v) is 4.14. The Balaban J connectivity index is 2.98. The van der Waals surface area contributed by atoms with Gasteiger partial charge in [-0.05, 0) is 0 Å². The highest BCUT2D eigenvalue weighted by molar-refractivity contribution is 6.05. The maximum atomic E-state index is 13.4. The summed E-state index contributed by atoms with van der Waals surface area (Å²) >= 11 is 0. The lowest BCUT2D eigenvalue weighted by Crippen LogP contribution is -2.07. The van der Waals surface area contributed by atoms with Crippen molar-refractivity contribution in [3.63, 3.8) is 0 Å². The van der Waals surface area contributed by atoms with Crippen molar-refractivity contribution in [2.45, 2.75) is 0 Å². The highest BCUT2D eigenvalue weighted by atomic mass is 19.1. The number of carboxylic acids is 1. The van der Waals surface area contributed by atoms with E-state index in [1.165, 1.54) is 17.8 Å². The van der Waals surface area contributed by atoms with Gasteiger partial charge in [-0.25, -0.2) is 9.18 Å². The topological polar surface area (TPSA) is 81.1 Å². The molecule has 0 aliphatic carbocycles. The zero-order valence-corrected chi connectivity index (χ0v) is 7.86. The SMILES string of the molecule is Cn1c(C(=O)O)c(N)c2cncc(F)c21. The summed E-state index contributed by atoms with van der Waals surface area (Å²) in [5.41, 5.74) is 5.66. The van der Waals surface area contributed by atoms with Crippen LogP contribution >= 0.6 is 0 Å². The smallest absolute Gasteiger partial charge is 0.354 e. The van der Waals surface area contributed by atoms with Gasteiger partial charge in [0.25, 0.3) is 0 Å². The normalized spacial score (nSPS) is 10.8. The Labute approximate surface area is 83.9 Å². The summed E-state index contributed by atoms with van der Waals surface area (Å²) in [5.74, 6) is -1.78. The van der Waals surface area contributed by atoms with E-state index in [4.69, 9.17) is 10.8 Å². The Bertz CT molecular complexity index is 562. The highest BCUT2D eigenvalue weighted by Crippen LogP contribution is 2.28. The molecule has 3 N–H and O–H groups in total. The van der Waals surface area contributed by atoms with E-state index in [1.807, 2.05) is 0 Å². The van der Waals surface area contributed by atoms with Crippen molar-refractivity contribution >= 4 is 22.6 Å². The van der Waals surface area contributed by atoms with Crippen LogP contribution in [0.2, 0.25) is 0 Å². The number of nitrogens with zero attached hydrogens (tertiary/aromatic N) is 2. The van der Waals surface area contributed by atoms with Crippen molar-refractivity contribution in [1.29, 1.82) is 0 Å². The Kier molecular flexibility index (Phi) is 1.85. The van der Waals surface area contributed by atoms with E-state index in [-0.39, 0.29) is 16.9 Å². The Morgan fingerprint density at radius 2 is 2.27 bits per heavy atom. The van der Waals surface area contributed by atoms with E-state index in [2.05, 4.69) is 4.98 Å². The minimum absolute atomic E-state index is 0.0343. The molecule has 0 saturated heterocycles. The summed E-state index contributed by atoms with van der Waals surface area (Å²) in [4.78, 5) is 14.5. The molecular weight excluding hydrogens is 201 g/mol. The number of aryl methyl sites for hydroxylation is 1. The molecule has 0 fully saturated rings. The number of pyridine rings is 1. The standard InChI is InChI=1S/C9H8FN3O2/c1-13-7-4(2-12-3-5(7)10)6(11)8(13)9(14)15/h2-3H,11H2,1H3,(H,14,15). The van der Waals surface area contributed by atoms with Crippen LogP contribution in [0.3, 0.4) is 0 Å². The van der Waals surface area contributed by atoms with Crippen molar-refractivity contribution in [1.82, 2.24) is 9.55 Å². The Hall–Kier alpha value is -2.11. The lowest BCUT2D eigenvalue weighted by Gasteiger charge is -1.99. The first-order chi connectivity index (χ1) is 7.04. The molecule has 0 unspecified atom stereocenters. The van der Waals surface area contributed by atoms with Crippen LogP contribution < -0.4 is 5.73 Å². The monoisotopic (exact) mass is 209 g/mol. The van der Waals surface area contributed by atoms with E-state index in [9.17, 15) is 9.18 Å². The van der Waals surface area contributed by atoms with E-state index < -0.39 is 11.8 Å². The molecule has 0 aliphatic heterocycles. The van der Waals surface area contributed by atoms with Gasteiger partial charge in [-0.1, -0.05) is 0 Å². The molecule has 6 heteroatoms. The Morgan fingerprint density at radius 3 is 2.80 bits per heavy atom. The second-order valence-corrected chi connectivity index (χ2v) is 3.14. The van der Waals surface area contributed by atoms with Crippen molar-refractivity contribution in [3.05, 3.63) is 23.9 Å². The zero-order valence-electron chi connectivity index (χ0n) is 7.86. The van der Waals surface area contributed by atoms with Crippen LogP contribution in [0.1, 0.15) is 10.5 Å². The van der Waals surface area contributed by atoms with Gasteiger partial charge in [0.1, 0.15) is 0 Å². The average molecular weight is 209 g/mol. The molecule has 0 atom stereocenters. The van der Waals surface area contributed by atoms with Crippen LogP contribution in [0.25, 0.3) is 10.9 Å². The van der Waals surface area contributed by atoms with Crippen LogP contribution in [-0.4, -0.2) is 20.6 Å². The van der Waals surface area contributed by atoms with Crippen molar-refractivity contribution in [2.75, 3.05) is 5.73 Å². The van der Waals surface area contributed by atoms with Gasteiger partial charge in [0.05, 0.1) is 17.4 Å². The van der Waals surface area contributed by atoms with Gasteiger partial charge in [-0.15, -0.1) is 0 Å². The first-order valence-electron chi connectivity index (χ1n) is 4.14. The number of aromatic carboxylic acids is 1. The van der Waals surface area contributed by atoms with Gasteiger partial charge in [0, 0.05) is 18.6 Å². The summed E-state index contributed by atoms with van der Waals surface area (Å²) in [7, 11) is 1.45. The second-order valence-electron chi connectivity index (χ2n) is 3.14. The molecule has 0 amide bonds. The van der Waals surface area contributed by atoms with Crippen LogP contribution in [0.5, 0.6) is 0 Å². The van der Waals surface area contributed by atoms with Crippen molar-refractivity contribution in [3.8, 4) is 0 Å². The lowest BCUT2D eigenvalue weighted by atomic mass is 10.2. The van der Waals surface area contributed by atoms with Gasteiger partial charge in [-0.2, -0.15) is 0 Å². The number of hydrogen-bond acceptors (Lipinski definition) is 3. The molecule has 0 saturated carbocycles. The quantitative estimate of drug-likeness (QED) is 0.733. The average Bonchev–Trinajstić information content (AvgIpc) is 2.40. The third kappa shape index (κ3) is 1.14. The van der Waals surface area contributed by atoms with Gasteiger partial charge in [-0.3, -0.25) is 4.98 Å². The van der Waals surface area contributed by atoms with Crippen molar-refractivity contribution in [2.24, 2.45) is 7.05 Å². The molecule has 0 bridgehead atoms. The van der Waals surface area contributed by atoms with Gasteiger partial charge in [0.2, 0.25) is 0 Å². The molecule has 0 radical (unpaired) electrons. The van der Waals surface area contributed by atoms with Crippen LogP contribution in [0.15, 0.2) is 12.4 Å². The first kappa shape index (κ1) is 9.45. The fourth-order valence-corrected chi connectivity index (χ4v) is 1.64. The fourth-order valence-electron chi connectivity index (χ4n) is 1.64. The van der Waals surface area contributed by atoms with E-state index in [1.54, 1.807) is 0 Å². The molecule has 5 nitrogen and oxygen atoms in total. The molecule has 78 valence electrons. The number of nitrogens with two attached hydrogens (primary N) is 1. The number of aromatic nitrogens is 2. The third-order valence-corrected chi connectivity index (χ3v) is 2.29. The fraction of sp³-hybridized carbons (Fsp3) is 0.111. The minimum atomic E-state index is -1.19. The number of hydrogen-bond donors (Lipinski definition) is 2. The molecule has 0 aliphatic rings. The minimum Gasteiger partial charge on any atom is -0.477 e. The maximum absolute atomic E-state index is 13.4. The lowest BCUT2D eigenvalue weighted by molar-refractivity contribution is 0.0688. The summed E-state index contributed by atoms with van der Waals surface area (Å²) in [5, 5.41) is 9.21. The van der Waals surface area contributed by atoms with Crippen LogP contribution in [-0.2, 0) is 7.05 Å². The molecule has 2 aromatic heterocycles. The van der Waals surface area contributed by atoms with E-state index in [0.717, 1.165) is 6.20 Å². The predicted octanol–water partition coefficient (Wildman–Crippen LogP) is 0.993. The van der Waals surface area contributed by atoms with Crippen molar-refractivity contribution < 1.29 is 14.3 Å². The number of nitrogen functional groups attached to an aromatic ring is 1. The number of fused-ring (bicyclic) bond motifs is 1. The summed E-state index contributed by atoms with van der Waals surface area (Å²) in [6.45, 7) is 0. The summed E-state index contributed by atoms with van der Waals surface area (Å²) < 4.78 is 14.6. The molecule has 2 heterocycles. The maximum Gasteiger partial charge on any atom is 0.354 e.